The van der Waals surface area contributed by atoms with Crippen molar-refractivity contribution >= 4 is 28.3 Å². The molecule has 1 aromatic heterocycles. The average Bonchev–Trinajstić information content (AvgIpc) is 2.69. The third kappa shape index (κ3) is 4.31. The van der Waals surface area contributed by atoms with E-state index in [1.54, 1.807) is 7.11 Å². The summed E-state index contributed by atoms with van der Waals surface area (Å²) in [5, 5.41) is 4.80. The fourth-order valence-corrected chi connectivity index (χ4v) is 3.76. The second-order valence-electron chi connectivity index (χ2n) is 6.90. The summed E-state index contributed by atoms with van der Waals surface area (Å²) in [6.45, 7) is 3.14. The van der Waals surface area contributed by atoms with Crippen LogP contribution in [0.2, 0.25) is 5.28 Å². The Morgan fingerprint density at radius 3 is 2.63 bits per heavy atom. The van der Waals surface area contributed by atoms with E-state index in [1.807, 2.05) is 18.2 Å². The zero-order chi connectivity index (χ0) is 18.6. The number of hydrogen-bond donors (Lipinski definition) is 1. The third-order valence-electron chi connectivity index (χ3n) is 5.05. The molecule has 1 aliphatic heterocycles. The standard InChI is InChI=1S/C21H23ClN4O/c1-27-17-7-8-18-19(13-17)24-21(22)25-20(18)23-16-9-11-26(12-10-16)14-15-5-3-2-4-6-15/h2-8,13,16H,9-12,14H2,1H3,(H,23,24,25). The molecule has 0 unspecified atom stereocenters. The van der Waals surface area contributed by atoms with E-state index in [0.29, 0.717) is 6.04 Å². The van der Waals surface area contributed by atoms with Gasteiger partial charge in [0.25, 0.3) is 0 Å². The Balaban J connectivity index is 1.43. The van der Waals surface area contributed by atoms with Crippen LogP contribution in [0.1, 0.15) is 18.4 Å². The van der Waals surface area contributed by atoms with Crippen LogP contribution in [0, 0.1) is 0 Å². The molecular weight excluding hydrogens is 360 g/mol. The predicted molar refractivity (Wildman–Crippen MR) is 109 cm³/mol. The highest BCUT2D eigenvalue weighted by atomic mass is 35.5. The maximum atomic E-state index is 6.14. The first kappa shape index (κ1) is 18.0. The summed E-state index contributed by atoms with van der Waals surface area (Å²) >= 11 is 6.14. The number of likely N-dealkylation sites (tertiary alicyclic amines) is 1. The van der Waals surface area contributed by atoms with Crippen molar-refractivity contribution in [3.05, 3.63) is 59.4 Å². The summed E-state index contributed by atoms with van der Waals surface area (Å²) in [7, 11) is 1.65. The molecule has 0 bridgehead atoms. The summed E-state index contributed by atoms with van der Waals surface area (Å²) in [5.74, 6) is 1.56. The van der Waals surface area contributed by atoms with Crippen LogP contribution in [0.4, 0.5) is 5.82 Å². The molecule has 1 saturated heterocycles. The molecule has 4 rings (SSSR count). The SMILES string of the molecule is COc1ccc2c(NC3CCN(Cc4ccccc4)CC3)nc(Cl)nc2c1. The molecule has 5 nitrogen and oxygen atoms in total. The highest BCUT2D eigenvalue weighted by molar-refractivity contribution is 6.28. The van der Waals surface area contributed by atoms with Gasteiger partial charge in [0.1, 0.15) is 11.6 Å². The number of fused-ring (bicyclic) bond motifs is 1. The molecular formula is C21H23ClN4O. The van der Waals surface area contributed by atoms with E-state index >= 15 is 0 Å². The van der Waals surface area contributed by atoms with E-state index in [0.717, 1.165) is 54.9 Å². The average molecular weight is 383 g/mol. The number of halogens is 1. The molecule has 0 amide bonds. The van der Waals surface area contributed by atoms with Crippen LogP contribution in [0.3, 0.4) is 0 Å². The molecule has 27 heavy (non-hydrogen) atoms. The Hall–Kier alpha value is -2.37. The van der Waals surface area contributed by atoms with Gasteiger partial charge in [0, 0.05) is 37.1 Å². The van der Waals surface area contributed by atoms with Crippen LogP contribution in [0.25, 0.3) is 10.9 Å². The van der Waals surface area contributed by atoms with Crippen LogP contribution in [0.5, 0.6) is 5.75 Å². The number of nitrogens with zero attached hydrogens (tertiary/aromatic N) is 3. The van der Waals surface area contributed by atoms with Crippen molar-refractivity contribution in [1.29, 1.82) is 0 Å². The molecule has 140 valence electrons. The summed E-state index contributed by atoms with van der Waals surface area (Å²) in [6, 6.07) is 16.8. The summed E-state index contributed by atoms with van der Waals surface area (Å²) in [4.78, 5) is 11.3. The van der Waals surface area contributed by atoms with Gasteiger partial charge in [-0.25, -0.2) is 9.97 Å². The lowest BCUT2D eigenvalue weighted by Crippen LogP contribution is -2.38. The van der Waals surface area contributed by atoms with E-state index in [4.69, 9.17) is 16.3 Å². The lowest BCUT2D eigenvalue weighted by molar-refractivity contribution is 0.211. The first-order chi connectivity index (χ1) is 13.2. The molecule has 2 heterocycles. The molecule has 1 N–H and O–H groups in total. The first-order valence-corrected chi connectivity index (χ1v) is 9.63. The number of ether oxygens (including phenoxy) is 1. The van der Waals surface area contributed by atoms with E-state index < -0.39 is 0 Å². The van der Waals surface area contributed by atoms with Crippen molar-refractivity contribution in [2.45, 2.75) is 25.4 Å². The number of nitrogens with one attached hydrogen (secondary N) is 1. The fraction of sp³-hybridized carbons (Fsp3) is 0.333. The van der Waals surface area contributed by atoms with Gasteiger partial charge >= 0.3 is 0 Å². The lowest BCUT2D eigenvalue weighted by Gasteiger charge is -2.32. The number of aromatic nitrogens is 2. The van der Waals surface area contributed by atoms with Gasteiger partial charge in [0.15, 0.2) is 0 Å². The molecule has 6 heteroatoms. The number of hydrogen-bond acceptors (Lipinski definition) is 5. The second-order valence-corrected chi connectivity index (χ2v) is 7.24. The van der Waals surface area contributed by atoms with Crippen LogP contribution >= 0.6 is 11.6 Å². The van der Waals surface area contributed by atoms with Gasteiger partial charge < -0.3 is 10.1 Å². The number of anilines is 1. The van der Waals surface area contributed by atoms with Crippen molar-refractivity contribution in [3.63, 3.8) is 0 Å². The van der Waals surface area contributed by atoms with E-state index in [1.165, 1.54) is 5.56 Å². The minimum absolute atomic E-state index is 0.250. The van der Waals surface area contributed by atoms with Gasteiger partial charge in [-0.2, -0.15) is 0 Å². The van der Waals surface area contributed by atoms with Crippen molar-refractivity contribution in [2.24, 2.45) is 0 Å². The Morgan fingerprint density at radius 2 is 1.89 bits per heavy atom. The topological polar surface area (TPSA) is 50.3 Å². The number of methoxy groups -OCH3 is 1. The largest absolute Gasteiger partial charge is 0.497 e. The van der Waals surface area contributed by atoms with Gasteiger partial charge in [-0.15, -0.1) is 0 Å². The lowest BCUT2D eigenvalue weighted by atomic mass is 10.0. The molecule has 0 radical (unpaired) electrons. The number of piperidine rings is 1. The summed E-state index contributed by atoms with van der Waals surface area (Å²) in [6.07, 6.45) is 2.15. The molecule has 2 aromatic carbocycles. The minimum Gasteiger partial charge on any atom is -0.497 e. The van der Waals surface area contributed by atoms with Crippen LogP contribution in [-0.4, -0.2) is 41.1 Å². The predicted octanol–water partition coefficient (Wildman–Crippen LogP) is 4.37. The smallest absolute Gasteiger partial charge is 0.224 e. The van der Waals surface area contributed by atoms with Crippen molar-refractivity contribution in [1.82, 2.24) is 14.9 Å². The van der Waals surface area contributed by atoms with Crippen molar-refractivity contribution in [2.75, 3.05) is 25.5 Å². The van der Waals surface area contributed by atoms with Crippen LogP contribution in [0.15, 0.2) is 48.5 Å². The van der Waals surface area contributed by atoms with Crippen molar-refractivity contribution < 1.29 is 4.74 Å². The maximum absolute atomic E-state index is 6.14. The molecule has 1 aliphatic rings. The molecule has 1 fully saturated rings. The zero-order valence-corrected chi connectivity index (χ0v) is 16.1. The Morgan fingerprint density at radius 1 is 1.11 bits per heavy atom. The minimum atomic E-state index is 0.250. The Bertz CT molecular complexity index is 911. The van der Waals surface area contributed by atoms with E-state index in [9.17, 15) is 0 Å². The molecule has 0 aliphatic carbocycles. The monoisotopic (exact) mass is 382 g/mol. The van der Waals surface area contributed by atoms with Gasteiger partial charge in [-0.3, -0.25) is 4.90 Å². The molecule has 0 saturated carbocycles. The van der Waals surface area contributed by atoms with Crippen molar-refractivity contribution in [3.8, 4) is 5.75 Å². The third-order valence-corrected chi connectivity index (χ3v) is 5.22. The zero-order valence-electron chi connectivity index (χ0n) is 15.4. The van der Waals surface area contributed by atoms with Gasteiger partial charge in [0.2, 0.25) is 5.28 Å². The highest BCUT2D eigenvalue weighted by Crippen LogP contribution is 2.27. The summed E-state index contributed by atoms with van der Waals surface area (Å²) < 4.78 is 5.28. The first-order valence-electron chi connectivity index (χ1n) is 9.25. The fourth-order valence-electron chi connectivity index (χ4n) is 3.59. The van der Waals surface area contributed by atoms with Gasteiger partial charge in [-0.1, -0.05) is 30.3 Å². The molecule has 0 spiro atoms. The Labute approximate surface area is 164 Å². The second kappa shape index (κ2) is 8.11. The molecule has 0 atom stereocenters. The van der Waals surface area contributed by atoms with E-state index in [-0.39, 0.29) is 5.28 Å². The van der Waals surface area contributed by atoms with E-state index in [2.05, 4.69) is 50.5 Å². The van der Waals surface area contributed by atoms with Crippen LogP contribution in [-0.2, 0) is 6.54 Å². The van der Waals surface area contributed by atoms with Crippen LogP contribution < -0.4 is 10.1 Å². The number of benzene rings is 2. The Kier molecular flexibility index (Phi) is 5.41. The summed E-state index contributed by atoms with van der Waals surface area (Å²) in [5.41, 5.74) is 2.16. The maximum Gasteiger partial charge on any atom is 0.224 e. The van der Waals surface area contributed by atoms with Gasteiger partial charge in [0.05, 0.1) is 12.6 Å². The molecule has 3 aromatic rings. The van der Waals surface area contributed by atoms with Gasteiger partial charge in [-0.05, 0) is 42.1 Å². The normalized spacial score (nSPS) is 15.8. The highest BCUT2D eigenvalue weighted by Gasteiger charge is 2.20. The quantitative estimate of drug-likeness (QED) is 0.664. The number of rotatable bonds is 5.